The van der Waals surface area contributed by atoms with E-state index in [1.807, 2.05) is 18.7 Å². The number of imidazole rings is 1. The van der Waals surface area contributed by atoms with Crippen LogP contribution in [0.1, 0.15) is 63.6 Å². The minimum absolute atomic E-state index is 0.0395. The van der Waals surface area contributed by atoms with Crippen molar-refractivity contribution in [2.75, 3.05) is 36.9 Å². The van der Waals surface area contributed by atoms with E-state index in [-0.39, 0.29) is 17.2 Å². The number of amides is 1. The first-order chi connectivity index (χ1) is 15.4. The van der Waals surface area contributed by atoms with Crippen LogP contribution in [0.2, 0.25) is 0 Å². The number of rotatable bonds is 10. The zero-order chi connectivity index (χ0) is 22.6. The van der Waals surface area contributed by atoms with Gasteiger partial charge in [-0.25, -0.2) is 9.97 Å². The molecule has 2 aliphatic rings. The van der Waals surface area contributed by atoms with Crippen LogP contribution in [0.4, 0.5) is 11.8 Å². The van der Waals surface area contributed by atoms with Crippen LogP contribution < -0.4 is 15.5 Å². The van der Waals surface area contributed by atoms with Crippen molar-refractivity contribution in [1.82, 2.24) is 24.8 Å². The number of carbonyl (C=O) groups is 1. The number of nitrogens with one attached hydrogen (secondary N) is 2. The third-order valence-electron chi connectivity index (χ3n) is 6.87. The quantitative estimate of drug-likeness (QED) is 0.553. The van der Waals surface area contributed by atoms with Crippen LogP contribution in [0.3, 0.4) is 0 Å². The zero-order valence-electron chi connectivity index (χ0n) is 19.7. The standard InChI is InChI=1S/C24H37N7O/c1-24(2)10-5-9-19-20(24)28-23(27-12-11-26-22(32)18-7-4-8-18)29-21(19)30(3)14-6-15-31-16-13-25-17-31/h13,16-18H,4-12,14-15H2,1-3H3,(H,26,32)(H,27,28,29). The number of aromatic nitrogens is 4. The first-order valence-electron chi connectivity index (χ1n) is 12.0. The van der Waals surface area contributed by atoms with Crippen molar-refractivity contribution in [3.8, 4) is 0 Å². The van der Waals surface area contributed by atoms with Gasteiger partial charge in [0.15, 0.2) is 0 Å². The van der Waals surface area contributed by atoms with Gasteiger partial charge in [0.05, 0.1) is 12.0 Å². The van der Waals surface area contributed by atoms with Gasteiger partial charge in [-0.3, -0.25) is 4.79 Å². The lowest BCUT2D eigenvalue weighted by Gasteiger charge is -2.34. The normalized spacial score (nSPS) is 17.3. The molecule has 2 aromatic rings. The third kappa shape index (κ3) is 5.22. The van der Waals surface area contributed by atoms with E-state index in [1.165, 1.54) is 18.4 Å². The highest BCUT2D eigenvalue weighted by Gasteiger charge is 2.32. The van der Waals surface area contributed by atoms with Gasteiger partial charge in [-0.15, -0.1) is 0 Å². The highest BCUT2D eigenvalue weighted by atomic mass is 16.1. The summed E-state index contributed by atoms with van der Waals surface area (Å²) in [6, 6.07) is 0. The van der Waals surface area contributed by atoms with Gasteiger partial charge in [-0.2, -0.15) is 4.98 Å². The molecule has 1 fully saturated rings. The molecule has 8 nitrogen and oxygen atoms in total. The van der Waals surface area contributed by atoms with E-state index in [0.717, 1.165) is 56.7 Å². The predicted molar refractivity (Wildman–Crippen MR) is 127 cm³/mol. The Morgan fingerprint density at radius 2 is 2.09 bits per heavy atom. The molecule has 0 atom stereocenters. The highest BCUT2D eigenvalue weighted by molar-refractivity contribution is 5.79. The van der Waals surface area contributed by atoms with E-state index in [1.54, 1.807) is 0 Å². The lowest BCUT2D eigenvalue weighted by atomic mass is 9.76. The topological polar surface area (TPSA) is 88.0 Å². The van der Waals surface area contributed by atoms with Crippen molar-refractivity contribution in [2.24, 2.45) is 5.92 Å². The van der Waals surface area contributed by atoms with E-state index in [0.29, 0.717) is 19.0 Å². The fourth-order valence-electron chi connectivity index (χ4n) is 4.67. The van der Waals surface area contributed by atoms with Crippen molar-refractivity contribution in [2.45, 2.75) is 70.8 Å². The molecule has 0 bridgehead atoms. The Balaban J connectivity index is 1.42. The average molecular weight is 440 g/mol. The van der Waals surface area contributed by atoms with Crippen molar-refractivity contribution < 1.29 is 4.79 Å². The van der Waals surface area contributed by atoms with Gasteiger partial charge in [0.1, 0.15) is 5.82 Å². The van der Waals surface area contributed by atoms with Crippen LogP contribution in [0.25, 0.3) is 0 Å². The lowest BCUT2D eigenvalue weighted by Crippen LogP contribution is -2.37. The monoisotopic (exact) mass is 439 g/mol. The number of fused-ring (bicyclic) bond motifs is 1. The Bertz CT molecular complexity index is 905. The maximum atomic E-state index is 12.1. The fraction of sp³-hybridized carbons (Fsp3) is 0.667. The Kier molecular flexibility index (Phi) is 6.96. The van der Waals surface area contributed by atoms with Gasteiger partial charge in [-0.05, 0) is 38.5 Å². The molecule has 0 aliphatic heterocycles. The van der Waals surface area contributed by atoms with Gasteiger partial charge in [-0.1, -0.05) is 20.3 Å². The highest BCUT2D eigenvalue weighted by Crippen LogP contribution is 2.39. The van der Waals surface area contributed by atoms with Gasteiger partial charge in [0.25, 0.3) is 0 Å². The molecule has 1 saturated carbocycles. The molecule has 8 heteroatoms. The Labute approximate surface area is 191 Å². The molecular formula is C24H37N7O. The predicted octanol–water partition coefficient (Wildman–Crippen LogP) is 3.14. The molecule has 0 spiro atoms. The molecule has 0 radical (unpaired) electrons. The molecule has 1 amide bonds. The maximum absolute atomic E-state index is 12.1. The SMILES string of the molecule is CN(CCCn1ccnc1)c1nc(NCCNC(=O)C2CCC2)nc2c1CCCC2(C)C. The second-order valence-electron chi connectivity index (χ2n) is 9.86. The van der Waals surface area contributed by atoms with E-state index in [9.17, 15) is 4.79 Å². The third-order valence-corrected chi connectivity index (χ3v) is 6.87. The van der Waals surface area contributed by atoms with Crippen LogP contribution >= 0.6 is 0 Å². The summed E-state index contributed by atoms with van der Waals surface area (Å²) in [5, 5.41) is 6.40. The van der Waals surface area contributed by atoms with Crippen LogP contribution in [0.15, 0.2) is 18.7 Å². The van der Waals surface area contributed by atoms with E-state index in [4.69, 9.17) is 9.97 Å². The van der Waals surface area contributed by atoms with Gasteiger partial charge in [0.2, 0.25) is 11.9 Å². The summed E-state index contributed by atoms with van der Waals surface area (Å²) in [6.45, 7) is 7.64. The lowest BCUT2D eigenvalue weighted by molar-refractivity contribution is -0.127. The van der Waals surface area contributed by atoms with Crippen molar-refractivity contribution in [3.63, 3.8) is 0 Å². The zero-order valence-corrected chi connectivity index (χ0v) is 19.7. The van der Waals surface area contributed by atoms with Crippen LogP contribution in [-0.4, -0.2) is 52.1 Å². The molecule has 0 saturated heterocycles. The average Bonchev–Trinajstić information content (AvgIpc) is 3.23. The Morgan fingerprint density at radius 3 is 2.81 bits per heavy atom. The minimum atomic E-state index is 0.0395. The van der Waals surface area contributed by atoms with Crippen molar-refractivity contribution in [1.29, 1.82) is 0 Å². The summed E-state index contributed by atoms with van der Waals surface area (Å²) in [5.41, 5.74) is 2.49. The molecule has 32 heavy (non-hydrogen) atoms. The maximum Gasteiger partial charge on any atom is 0.224 e. The Morgan fingerprint density at radius 1 is 1.25 bits per heavy atom. The van der Waals surface area contributed by atoms with E-state index in [2.05, 4.69) is 46.0 Å². The smallest absolute Gasteiger partial charge is 0.224 e. The number of aryl methyl sites for hydroxylation is 1. The van der Waals surface area contributed by atoms with E-state index < -0.39 is 0 Å². The molecule has 4 rings (SSSR count). The number of carbonyl (C=O) groups excluding carboxylic acids is 1. The molecule has 2 aliphatic carbocycles. The van der Waals surface area contributed by atoms with Crippen LogP contribution in [-0.2, 0) is 23.2 Å². The molecule has 2 heterocycles. The second-order valence-corrected chi connectivity index (χ2v) is 9.86. The summed E-state index contributed by atoms with van der Waals surface area (Å²) in [5.74, 6) is 2.10. The van der Waals surface area contributed by atoms with Gasteiger partial charge < -0.3 is 20.1 Å². The number of anilines is 2. The van der Waals surface area contributed by atoms with Crippen molar-refractivity contribution >= 4 is 17.7 Å². The van der Waals surface area contributed by atoms with Crippen molar-refractivity contribution in [3.05, 3.63) is 30.0 Å². The molecule has 0 aromatic carbocycles. The first-order valence-corrected chi connectivity index (χ1v) is 12.0. The summed E-state index contributed by atoms with van der Waals surface area (Å²) >= 11 is 0. The fourth-order valence-corrected chi connectivity index (χ4v) is 4.67. The summed E-state index contributed by atoms with van der Waals surface area (Å²) in [6.07, 6.45) is 13.3. The van der Waals surface area contributed by atoms with E-state index >= 15 is 0 Å². The van der Waals surface area contributed by atoms with Gasteiger partial charge in [0, 0.05) is 62.5 Å². The molecule has 174 valence electrons. The summed E-state index contributed by atoms with van der Waals surface area (Å²) < 4.78 is 2.11. The largest absolute Gasteiger partial charge is 0.359 e. The number of nitrogens with zero attached hydrogens (tertiary/aromatic N) is 5. The Hall–Kier alpha value is -2.64. The van der Waals surface area contributed by atoms with Crippen LogP contribution in [0.5, 0.6) is 0 Å². The molecule has 2 aromatic heterocycles. The molecule has 0 unspecified atom stereocenters. The second kappa shape index (κ2) is 9.88. The number of hydrogen-bond donors (Lipinski definition) is 2. The summed E-state index contributed by atoms with van der Waals surface area (Å²) in [7, 11) is 2.13. The summed E-state index contributed by atoms with van der Waals surface area (Å²) in [4.78, 5) is 28.3. The molecular weight excluding hydrogens is 402 g/mol. The van der Waals surface area contributed by atoms with Crippen LogP contribution in [0, 0.1) is 5.92 Å². The van der Waals surface area contributed by atoms with Gasteiger partial charge >= 0.3 is 0 Å². The minimum Gasteiger partial charge on any atom is -0.359 e. The first kappa shape index (κ1) is 22.6. The number of hydrogen-bond acceptors (Lipinski definition) is 6. The molecule has 2 N–H and O–H groups in total.